The Bertz CT molecular complexity index is 496. The van der Waals surface area contributed by atoms with E-state index in [2.05, 4.69) is 49.1 Å². The Morgan fingerprint density at radius 1 is 1.23 bits per heavy atom. The van der Waals surface area contributed by atoms with Gasteiger partial charge in [-0.3, -0.25) is 9.79 Å². The highest BCUT2D eigenvalue weighted by Gasteiger charge is 2.19. The van der Waals surface area contributed by atoms with Crippen LogP contribution in [0.15, 0.2) is 35.3 Å². The van der Waals surface area contributed by atoms with E-state index in [1.165, 1.54) is 12.8 Å². The first-order chi connectivity index (χ1) is 10.7. The third kappa shape index (κ3) is 4.38. The molecule has 0 spiro atoms. The van der Waals surface area contributed by atoms with E-state index in [4.69, 9.17) is 0 Å². The van der Waals surface area contributed by atoms with E-state index in [0.717, 1.165) is 32.1 Å². The van der Waals surface area contributed by atoms with Crippen LogP contribution >= 0.6 is 0 Å². The standard InChI is InChI=1S/C16H24N4O2/c1-17-16(18-9-8-15(21)22-2)20-12-10-19(11-13-20)14-6-4-3-5-7-14/h3-7H,8-13H2,1-2H3,(H,17,18). The van der Waals surface area contributed by atoms with Crippen LogP contribution in [-0.4, -0.2) is 63.7 Å². The van der Waals surface area contributed by atoms with Crippen molar-refractivity contribution < 1.29 is 9.53 Å². The molecular weight excluding hydrogens is 280 g/mol. The van der Waals surface area contributed by atoms with Gasteiger partial charge in [0.15, 0.2) is 5.96 Å². The fraction of sp³-hybridized carbons (Fsp3) is 0.500. The number of benzene rings is 1. The van der Waals surface area contributed by atoms with Gasteiger partial charge in [-0.25, -0.2) is 0 Å². The Kier molecular flexibility index (Phi) is 6.06. The van der Waals surface area contributed by atoms with Gasteiger partial charge in [0.2, 0.25) is 0 Å². The Labute approximate surface area is 131 Å². The normalized spacial score (nSPS) is 15.6. The van der Waals surface area contributed by atoms with Gasteiger partial charge in [-0.1, -0.05) is 18.2 Å². The fourth-order valence-corrected chi connectivity index (χ4v) is 2.53. The first-order valence-corrected chi connectivity index (χ1v) is 7.57. The molecule has 0 amide bonds. The second-order valence-corrected chi connectivity index (χ2v) is 5.11. The van der Waals surface area contributed by atoms with E-state index in [0.29, 0.717) is 13.0 Å². The van der Waals surface area contributed by atoms with E-state index in [9.17, 15) is 4.79 Å². The van der Waals surface area contributed by atoms with Crippen molar-refractivity contribution >= 4 is 17.6 Å². The Balaban J connectivity index is 1.80. The number of guanidine groups is 1. The molecule has 120 valence electrons. The molecule has 1 heterocycles. The SMILES string of the molecule is CN=C(NCCC(=O)OC)N1CCN(c2ccccc2)CC1. The minimum atomic E-state index is -0.211. The van der Waals surface area contributed by atoms with E-state index in [1.54, 1.807) is 7.05 Å². The maximum atomic E-state index is 11.1. The van der Waals surface area contributed by atoms with Crippen LogP contribution in [0.4, 0.5) is 5.69 Å². The topological polar surface area (TPSA) is 57.2 Å². The van der Waals surface area contributed by atoms with E-state index in [-0.39, 0.29) is 5.97 Å². The monoisotopic (exact) mass is 304 g/mol. The molecule has 0 bridgehead atoms. The van der Waals surface area contributed by atoms with Gasteiger partial charge in [-0.05, 0) is 12.1 Å². The summed E-state index contributed by atoms with van der Waals surface area (Å²) in [6.07, 6.45) is 0.347. The third-order valence-electron chi connectivity index (χ3n) is 3.75. The third-order valence-corrected chi connectivity index (χ3v) is 3.75. The second-order valence-electron chi connectivity index (χ2n) is 5.11. The average Bonchev–Trinajstić information content (AvgIpc) is 2.59. The number of esters is 1. The summed E-state index contributed by atoms with van der Waals surface area (Å²) in [6, 6.07) is 10.4. The minimum Gasteiger partial charge on any atom is -0.469 e. The molecule has 0 radical (unpaired) electrons. The number of carbonyl (C=O) groups excluding carboxylic acids is 1. The first-order valence-electron chi connectivity index (χ1n) is 7.57. The van der Waals surface area contributed by atoms with Crippen LogP contribution in [0.25, 0.3) is 0 Å². The Morgan fingerprint density at radius 2 is 1.91 bits per heavy atom. The molecule has 6 nitrogen and oxygen atoms in total. The quantitative estimate of drug-likeness (QED) is 0.510. The molecule has 1 saturated heterocycles. The van der Waals surface area contributed by atoms with Crippen molar-refractivity contribution in [3.63, 3.8) is 0 Å². The molecule has 0 saturated carbocycles. The van der Waals surface area contributed by atoms with Gasteiger partial charge in [-0.15, -0.1) is 0 Å². The molecule has 1 fully saturated rings. The van der Waals surface area contributed by atoms with Crippen LogP contribution in [0.3, 0.4) is 0 Å². The summed E-state index contributed by atoms with van der Waals surface area (Å²) in [6.45, 7) is 4.28. The minimum absolute atomic E-state index is 0.211. The predicted octanol–water partition coefficient (Wildman–Crippen LogP) is 0.947. The Morgan fingerprint density at radius 3 is 2.50 bits per heavy atom. The first kappa shape index (κ1) is 16.1. The van der Waals surface area contributed by atoms with Crippen molar-refractivity contribution in [3.05, 3.63) is 30.3 Å². The number of hydrogen-bond acceptors (Lipinski definition) is 4. The number of methoxy groups -OCH3 is 1. The van der Waals surface area contributed by atoms with Crippen molar-refractivity contribution in [2.24, 2.45) is 4.99 Å². The second kappa shape index (κ2) is 8.26. The summed E-state index contributed by atoms with van der Waals surface area (Å²) < 4.78 is 4.64. The largest absolute Gasteiger partial charge is 0.469 e. The molecule has 0 unspecified atom stereocenters. The van der Waals surface area contributed by atoms with Crippen molar-refractivity contribution in [2.75, 3.05) is 51.8 Å². The van der Waals surface area contributed by atoms with Crippen molar-refractivity contribution in [3.8, 4) is 0 Å². The molecule has 22 heavy (non-hydrogen) atoms. The van der Waals surface area contributed by atoms with Gasteiger partial charge in [0, 0.05) is 45.5 Å². The summed E-state index contributed by atoms with van der Waals surface area (Å²) in [5.41, 5.74) is 1.26. The lowest BCUT2D eigenvalue weighted by Crippen LogP contribution is -2.52. The fourth-order valence-electron chi connectivity index (χ4n) is 2.53. The molecule has 1 aliphatic rings. The maximum absolute atomic E-state index is 11.1. The zero-order valence-corrected chi connectivity index (χ0v) is 13.3. The number of piperazine rings is 1. The van der Waals surface area contributed by atoms with Gasteiger partial charge < -0.3 is 19.9 Å². The smallest absolute Gasteiger partial charge is 0.307 e. The van der Waals surface area contributed by atoms with Crippen LogP contribution in [-0.2, 0) is 9.53 Å². The zero-order valence-electron chi connectivity index (χ0n) is 13.3. The summed E-state index contributed by atoms with van der Waals surface area (Å²) in [7, 11) is 3.17. The predicted molar refractivity (Wildman–Crippen MR) is 88.2 cm³/mol. The molecule has 1 aliphatic heterocycles. The van der Waals surface area contributed by atoms with E-state index >= 15 is 0 Å². The van der Waals surface area contributed by atoms with Crippen molar-refractivity contribution in [1.82, 2.24) is 10.2 Å². The lowest BCUT2D eigenvalue weighted by molar-refractivity contribution is -0.140. The highest BCUT2D eigenvalue weighted by molar-refractivity contribution is 5.80. The molecule has 6 heteroatoms. The summed E-state index contributed by atoms with van der Waals surface area (Å²) in [4.78, 5) is 20.0. The van der Waals surface area contributed by atoms with Gasteiger partial charge >= 0.3 is 5.97 Å². The number of anilines is 1. The van der Waals surface area contributed by atoms with Crippen LogP contribution < -0.4 is 10.2 Å². The number of hydrogen-bond donors (Lipinski definition) is 1. The number of nitrogens with one attached hydrogen (secondary N) is 1. The van der Waals surface area contributed by atoms with Crippen molar-refractivity contribution in [1.29, 1.82) is 0 Å². The molecule has 0 aromatic heterocycles. The molecular formula is C16H24N4O2. The highest BCUT2D eigenvalue weighted by Crippen LogP contribution is 2.15. The van der Waals surface area contributed by atoms with Gasteiger partial charge in [-0.2, -0.15) is 0 Å². The molecule has 0 aliphatic carbocycles. The summed E-state index contributed by atoms with van der Waals surface area (Å²) in [5.74, 6) is 0.633. The molecule has 1 N–H and O–H groups in total. The number of para-hydroxylation sites is 1. The van der Waals surface area contributed by atoms with Crippen LogP contribution in [0, 0.1) is 0 Å². The number of ether oxygens (including phenoxy) is 1. The van der Waals surface area contributed by atoms with Crippen molar-refractivity contribution in [2.45, 2.75) is 6.42 Å². The lowest BCUT2D eigenvalue weighted by atomic mass is 10.2. The molecule has 0 atom stereocenters. The molecule has 1 aromatic rings. The zero-order chi connectivity index (χ0) is 15.8. The van der Waals surface area contributed by atoms with E-state index < -0.39 is 0 Å². The van der Waals surface area contributed by atoms with Crippen LogP contribution in [0.1, 0.15) is 6.42 Å². The van der Waals surface area contributed by atoms with E-state index in [1.807, 2.05) is 6.07 Å². The number of carbonyl (C=O) groups is 1. The van der Waals surface area contributed by atoms with Gasteiger partial charge in [0.05, 0.1) is 13.5 Å². The summed E-state index contributed by atoms with van der Waals surface area (Å²) >= 11 is 0. The van der Waals surface area contributed by atoms with Gasteiger partial charge in [0.25, 0.3) is 0 Å². The van der Waals surface area contributed by atoms with Crippen LogP contribution in [0.2, 0.25) is 0 Å². The van der Waals surface area contributed by atoms with Crippen LogP contribution in [0.5, 0.6) is 0 Å². The molecule has 2 rings (SSSR count). The average molecular weight is 304 g/mol. The number of rotatable bonds is 4. The van der Waals surface area contributed by atoms with Gasteiger partial charge in [0.1, 0.15) is 0 Å². The summed E-state index contributed by atoms with van der Waals surface area (Å²) in [5, 5.41) is 3.22. The molecule has 1 aromatic carbocycles. The number of aliphatic imine (C=N–C) groups is 1. The maximum Gasteiger partial charge on any atom is 0.307 e. The number of nitrogens with zero attached hydrogens (tertiary/aromatic N) is 3. The Hall–Kier alpha value is -2.24. The highest BCUT2D eigenvalue weighted by atomic mass is 16.5. The lowest BCUT2D eigenvalue weighted by Gasteiger charge is -2.37.